The van der Waals surface area contributed by atoms with Crippen molar-refractivity contribution < 1.29 is 9.18 Å². The number of piperidine rings is 1. The molecule has 5 rings (SSSR count). The molecule has 0 aromatic rings. The molecule has 8 unspecified atom stereocenters. The Morgan fingerprint density at radius 2 is 1.81 bits per heavy atom. The Labute approximate surface area is 217 Å². The molecule has 206 valence electrons. The minimum absolute atomic E-state index is 0.0506. The van der Waals surface area contributed by atoms with E-state index in [1.54, 1.807) is 0 Å². The van der Waals surface area contributed by atoms with Crippen LogP contribution in [0.2, 0.25) is 0 Å². The fraction of sp³-hybridized carbons (Fsp3) is 0.963. The van der Waals surface area contributed by atoms with Crippen LogP contribution >= 0.6 is 0 Å². The largest absolute Gasteiger partial charge is 0.353 e. The maximum Gasteiger partial charge on any atom is 0.226 e. The van der Waals surface area contributed by atoms with Crippen LogP contribution in [-0.2, 0) is 4.79 Å². The van der Waals surface area contributed by atoms with Crippen LogP contribution in [0, 0.1) is 17.8 Å². The molecule has 0 bridgehead atoms. The van der Waals surface area contributed by atoms with Gasteiger partial charge in [-0.1, -0.05) is 6.92 Å². The lowest BCUT2D eigenvalue weighted by Gasteiger charge is -2.43. The highest BCUT2D eigenvalue weighted by Gasteiger charge is 2.41. The molecule has 2 aliphatic carbocycles. The van der Waals surface area contributed by atoms with Gasteiger partial charge in [-0.05, 0) is 103 Å². The molecule has 9 heteroatoms. The predicted molar refractivity (Wildman–Crippen MR) is 141 cm³/mol. The van der Waals surface area contributed by atoms with Crippen LogP contribution in [-0.4, -0.2) is 79.8 Å². The van der Waals surface area contributed by atoms with Crippen molar-refractivity contribution in [3.8, 4) is 0 Å². The molecule has 0 spiro atoms. The Morgan fingerprint density at radius 1 is 0.972 bits per heavy atom. The number of alkyl halides is 1. The average Bonchev–Trinajstić information content (AvgIpc) is 3.28. The topological polar surface area (TPSA) is 92.5 Å². The Bertz CT molecular complexity index is 714. The monoisotopic (exact) mass is 507 g/mol. The van der Waals surface area contributed by atoms with Crippen LogP contribution < -0.4 is 32.0 Å². The van der Waals surface area contributed by atoms with Crippen LogP contribution in [0.15, 0.2) is 0 Å². The fourth-order valence-corrected chi connectivity index (χ4v) is 7.45. The number of hydrogen-bond acceptors (Lipinski definition) is 7. The highest BCUT2D eigenvalue weighted by Crippen LogP contribution is 2.30. The number of nitrogens with one attached hydrogen (secondary N) is 6. The predicted octanol–water partition coefficient (Wildman–Crippen LogP) is 1.59. The number of hydrogen-bond donors (Lipinski definition) is 6. The molecule has 36 heavy (non-hydrogen) atoms. The van der Waals surface area contributed by atoms with E-state index >= 15 is 0 Å². The quantitative estimate of drug-likeness (QED) is 0.325. The first kappa shape index (κ1) is 26.8. The van der Waals surface area contributed by atoms with Crippen molar-refractivity contribution in [3.05, 3.63) is 0 Å². The van der Waals surface area contributed by atoms with Crippen molar-refractivity contribution in [1.82, 2.24) is 37.0 Å². The van der Waals surface area contributed by atoms with Gasteiger partial charge < -0.3 is 10.6 Å². The average molecular weight is 508 g/mol. The minimum atomic E-state index is -0.650. The molecule has 1 amide bonds. The summed E-state index contributed by atoms with van der Waals surface area (Å²) >= 11 is 0. The third kappa shape index (κ3) is 6.41. The molecule has 3 aliphatic heterocycles. The molecule has 0 radical (unpaired) electrons. The van der Waals surface area contributed by atoms with E-state index in [9.17, 15) is 9.18 Å². The van der Waals surface area contributed by atoms with Crippen LogP contribution in [0.1, 0.15) is 78.1 Å². The van der Waals surface area contributed by atoms with Crippen LogP contribution in [0.3, 0.4) is 0 Å². The van der Waals surface area contributed by atoms with Crippen LogP contribution in [0.25, 0.3) is 0 Å². The summed E-state index contributed by atoms with van der Waals surface area (Å²) < 4.78 is 13.6. The van der Waals surface area contributed by atoms with Crippen molar-refractivity contribution in [2.45, 2.75) is 121 Å². The number of rotatable bonds is 6. The maximum atomic E-state index is 13.6. The molecule has 5 aliphatic rings. The van der Waals surface area contributed by atoms with E-state index in [0.717, 1.165) is 57.7 Å². The molecule has 0 aromatic heterocycles. The van der Waals surface area contributed by atoms with Gasteiger partial charge in [-0.3, -0.25) is 26.2 Å². The molecule has 8 atom stereocenters. The first-order valence-electron chi connectivity index (χ1n) is 14.9. The summed E-state index contributed by atoms with van der Waals surface area (Å²) in [6.45, 7) is 8.50. The second kappa shape index (κ2) is 12.3. The molecule has 6 N–H and O–H groups in total. The highest BCUT2D eigenvalue weighted by molar-refractivity contribution is 5.80. The zero-order valence-corrected chi connectivity index (χ0v) is 22.4. The number of amides is 1. The normalized spacial score (nSPS) is 44.9. The number of carbonyl (C=O) groups is 1. The van der Waals surface area contributed by atoms with Gasteiger partial charge in [0.15, 0.2) is 0 Å². The minimum Gasteiger partial charge on any atom is -0.353 e. The van der Waals surface area contributed by atoms with E-state index in [2.05, 4.69) is 50.9 Å². The Balaban J connectivity index is 1.10. The number of carbonyl (C=O) groups excluding carboxylic acids is 1. The third-order valence-corrected chi connectivity index (χ3v) is 9.88. The van der Waals surface area contributed by atoms with E-state index in [1.165, 1.54) is 19.3 Å². The van der Waals surface area contributed by atoms with Gasteiger partial charge in [-0.15, -0.1) is 0 Å². The first-order chi connectivity index (χ1) is 17.5. The van der Waals surface area contributed by atoms with Gasteiger partial charge in [0.1, 0.15) is 12.5 Å². The lowest BCUT2D eigenvalue weighted by Crippen LogP contribution is -2.66. The van der Waals surface area contributed by atoms with Gasteiger partial charge in [-0.2, -0.15) is 0 Å². The Hall–Kier alpha value is -0.840. The van der Waals surface area contributed by atoms with Gasteiger partial charge in [-0.25, -0.2) is 9.40 Å². The molecule has 2 saturated carbocycles. The molecule has 3 heterocycles. The van der Waals surface area contributed by atoms with E-state index in [-0.39, 0.29) is 30.2 Å². The maximum absolute atomic E-state index is 13.6. The van der Waals surface area contributed by atoms with Crippen molar-refractivity contribution in [2.24, 2.45) is 17.8 Å². The van der Waals surface area contributed by atoms with E-state index in [0.29, 0.717) is 43.4 Å². The molecule has 0 aromatic carbocycles. The molecule has 5 fully saturated rings. The SMILES string of the molecule is CC1CCC(NC(=O)C2CNN(C3CCC(F)CC3)C2C)CC1NC1NCCC(C2CCCNC2)N1. The van der Waals surface area contributed by atoms with Crippen molar-refractivity contribution >= 4 is 5.91 Å². The standard InChI is InChI=1S/C27H50FN7O/c1-17-5-8-21(14-25(17)34-27-30-13-11-24(33-27)19-4-3-12-29-15-19)32-26(36)23-16-31-35(18(23)2)22-9-6-20(28)7-10-22/h17-25,27,29-31,33-34H,3-16H2,1-2H3,(H,32,36). The zero-order chi connectivity index (χ0) is 25.1. The summed E-state index contributed by atoms with van der Waals surface area (Å²) in [5.41, 5.74) is 3.48. The van der Waals surface area contributed by atoms with E-state index in [1.807, 2.05) is 0 Å². The van der Waals surface area contributed by atoms with Gasteiger partial charge in [0.2, 0.25) is 5.91 Å². The summed E-state index contributed by atoms with van der Waals surface area (Å²) in [4.78, 5) is 13.3. The summed E-state index contributed by atoms with van der Waals surface area (Å²) in [5, 5.41) is 20.6. The lowest BCUT2D eigenvalue weighted by atomic mass is 9.82. The van der Waals surface area contributed by atoms with Gasteiger partial charge >= 0.3 is 0 Å². The fourth-order valence-electron chi connectivity index (χ4n) is 7.45. The van der Waals surface area contributed by atoms with Gasteiger partial charge in [0.25, 0.3) is 0 Å². The van der Waals surface area contributed by atoms with Gasteiger partial charge in [0.05, 0.1) is 5.92 Å². The van der Waals surface area contributed by atoms with Crippen molar-refractivity contribution in [2.75, 3.05) is 26.2 Å². The number of nitrogens with zero attached hydrogens (tertiary/aromatic N) is 1. The lowest BCUT2D eigenvalue weighted by molar-refractivity contribution is -0.126. The van der Waals surface area contributed by atoms with Crippen LogP contribution in [0.5, 0.6) is 0 Å². The van der Waals surface area contributed by atoms with Crippen LogP contribution in [0.4, 0.5) is 4.39 Å². The molecular weight excluding hydrogens is 457 g/mol. The summed E-state index contributed by atoms with van der Waals surface area (Å²) in [6, 6.07) is 1.65. The highest BCUT2D eigenvalue weighted by atomic mass is 19.1. The summed E-state index contributed by atoms with van der Waals surface area (Å²) in [5.74, 6) is 1.43. The second-order valence-corrected chi connectivity index (χ2v) is 12.3. The van der Waals surface area contributed by atoms with Gasteiger partial charge in [0, 0.05) is 36.8 Å². The van der Waals surface area contributed by atoms with E-state index in [4.69, 9.17) is 0 Å². The first-order valence-corrected chi connectivity index (χ1v) is 14.9. The molecule has 3 saturated heterocycles. The third-order valence-electron chi connectivity index (χ3n) is 9.88. The number of hydrazine groups is 1. The Morgan fingerprint density at radius 3 is 2.58 bits per heavy atom. The Kier molecular flexibility index (Phi) is 9.17. The zero-order valence-electron chi connectivity index (χ0n) is 22.4. The number of halogens is 1. The summed E-state index contributed by atoms with van der Waals surface area (Å²) in [7, 11) is 0. The van der Waals surface area contributed by atoms with E-state index < -0.39 is 6.17 Å². The smallest absolute Gasteiger partial charge is 0.226 e. The molecular formula is C27H50FN7O. The second-order valence-electron chi connectivity index (χ2n) is 12.3. The molecule has 8 nitrogen and oxygen atoms in total. The van der Waals surface area contributed by atoms with Crippen molar-refractivity contribution in [1.29, 1.82) is 0 Å². The van der Waals surface area contributed by atoms with Crippen molar-refractivity contribution in [3.63, 3.8) is 0 Å². The summed E-state index contributed by atoms with van der Waals surface area (Å²) in [6.07, 6.45) is 9.45.